The van der Waals surface area contributed by atoms with E-state index < -0.39 is 0 Å². The molecule has 0 saturated carbocycles. The van der Waals surface area contributed by atoms with Crippen LogP contribution >= 0.6 is 11.6 Å². The third kappa shape index (κ3) is 2.29. The van der Waals surface area contributed by atoms with E-state index in [0.717, 1.165) is 16.7 Å². The van der Waals surface area contributed by atoms with Gasteiger partial charge in [-0.15, -0.1) is 0 Å². The lowest BCUT2D eigenvalue weighted by atomic mass is 9.82. The number of nitrogens with one attached hydrogen (secondary N) is 1. The fourth-order valence-electron chi connectivity index (χ4n) is 2.83. The van der Waals surface area contributed by atoms with Gasteiger partial charge in [0.15, 0.2) is 0 Å². The number of hydrogen-bond acceptors (Lipinski definition) is 2. The summed E-state index contributed by atoms with van der Waals surface area (Å²) in [5.41, 5.74) is 3.27. The molecule has 1 aliphatic rings. The highest BCUT2D eigenvalue weighted by atomic mass is 35.5. The second-order valence-electron chi connectivity index (χ2n) is 5.10. The van der Waals surface area contributed by atoms with Crippen LogP contribution < -0.4 is 5.32 Å². The molecule has 1 aromatic carbocycles. The molecule has 102 valence electrons. The largest absolute Gasteiger partial charge is 0.355 e. The van der Waals surface area contributed by atoms with E-state index in [1.54, 1.807) is 12.3 Å². The molecule has 2 heterocycles. The zero-order chi connectivity index (χ0) is 14.1. The molecule has 2 atom stereocenters. The maximum atomic E-state index is 12.2. The summed E-state index contributed by atoms with van der Waals surface area (Å²) in [6, 6.07) is 11.8. The molecule has 2 unspecified atom stereocenters. The number of hydrogen-bond donors (Lipinski definition) is 1. The van der Waals surface area contributed by atoms with Crippen LogP contribution in [0.4, 0.5) is 0 Å². The lowest BCUT2D eigenvalue weighted by molar-refractivity contribution is -0.120. The van der Waals surface area contributed by atoms with Crippen LogP contribution in [0.25, 0.3) is 0 Å². The summed E-state index contributed by atoms with van der Waals surface area (Å²) in [5.74, 6) is 0.0341. The first-order valence-electron chi connectivity index (χ1n) is 6.61. The highest BCUT2D eigenvalue weighted by Crippen LogP contribution is 2.37. The van der Waals surface area contributed by atoms with E-state index in [2.05, 4.69) is 10.3 Å². The molecule has 1 amide bonds. The number of rotatable bonds is 2. The van der Waals surface area contributed by atoms with Crippen molar-refractivity contribution >= 4 is 17.5 Å². The van der Waals surface area contributed by atoms with Crippen LogP contribution in [-0.2, 0) is 4.79 Å². The first-order chi connectivity index (χ1) is 9.66. The number of benzene rings is 1. The van der Waals surface area contributed by atoms with Gasteiger partial charge >= 0.3 is 0 Å². The smallest absolute Gasteiger partial charge is 0.228 e. The summed E-state index contributed by atoms with van der Waals surface area (Å²) in [5, 5.41) is 3.43. The zero-order valence-corrected chi connectivity index (χ0v) is 11.9. The van der Waals surface area contributed by atoms with Crippen LogP contribution in [0.15, 0.2) is 42.6 Å². The average Bonchev–Trinajstić information content (AvgIpc) is 2.82. The second-order valence-corrected chi connectivity index (χ2v) is 5.49. The van der Waals surface area contributed by atoms with Gasteiger partial charge in [0.2, 0.25) is 5.91 Å². The van der Waals surface area contributed by atoms with E-state index in [-0.39, 0.29) is 17.7 Å². The van der Waals surface area contributed by atoms with Crippen molar-refractivity contribution in [1.82, 2.24) is 10.3 Å². The van der Waals surface area contributed by atoms with E-state index in [9.17, 15) is 4.79 Å². The third-order valence-corrected chi connectivity index (χ3v) is 4.11. The molecule has 20 heavy (non-hydrogen) atoms. The van der Waals surface area contributed by atoms with Gasteiger partial charge in [0.1, 0.15) is 5.15 Å². The number of carbonyl (C=O) groups is 1. The Labute approximate surface area is 123 Å². The average molecular weight is 287 g/mol. The summed E-state index contributed by atoms with van der Waals surface area (Å²) < 4.78 is 0. The minimum absolute atomic E-state index is 0.0826. The van der Waals surface area contributed by atoms with Gasteiger partial charge < -0.3 is 5.32 Å². The normalized spacial score (nSPS) is 21.8. The molecule has 1 saturated heterocycles. The van der Waals surface area contributed by atoms with E-state index >= 15 is 0 Å². The topological polar surface area (TPSA) is 42.0 Å². The van der Waals surface area contributed by atoms with Gasteiger partial charge in [-0.05, 0) is 29.7 Å². The van der Waals surface area contributed by atoms with Gasteiger partial charge in [-0.1, -0.05) is 41.9 Å². The van der Waals surface area contributed by atoms with Crippen molar-refractivity contribution in [2.24, 2.45) is 0 Å². The quantitative estimate of drug-likeness (QED) is 0.862. The van der Waals surface area contributed by atoms with Crippen LogP contribution in [0.2, 0.25) is 5.15 Å². The van der Waals surface area contributed by atoms with Crippen molar-refractivity contribution in [2.75, 3.05) is 6.54 Å². The highest BCUT2D eigenvalue weighted by Gasteiger charge is 2.37. The molecule has 1 aromatic heterocycles. The maximum absolute atomic E-state index is 12.2. The lowest BCUT2D eigenvalue weighted by Crippen LogP contribution is -2.18. The molecular weight excluding hydrogens is 272 g/mol. The van der Waals surface area contributed by atoms with Crippen molar-refractivity contribution in [1.29, 1.82) is 0 Å². The molecule has 0 spiro atoms. The fraction of sp³-hybridized carbons (Fsp3) is 0.250. The molecule has 3 rings (SSSR count). The van der Waals surface area contributed by atoms with Crippen molar-refractivity contribution in [3.05, 3.63) is 64.4 Å². The molecule has 0 radical (unpaired) electrons. The van der Waals surface area contributed by atoms with Gasteiger partial charge in [0.25, 0.3) is 0 Å². The van der Waals surface area contributed by atoms with E-state index in [1.165, 1.54) is 0 Å². The SMILES string of the molecule is Cc1ccccc1C1C(=O)NCC1c1ccc(Cl)nc1. The number of halogens is 1. The predicted octanol–water partition coefficient (Wildman–Crippen LogP) is 3.04. The van der Waals surface area contributed by atoms with Crippen molar-refractivity contribution in [2.45, 2.75) is 18.8 Å². The molecule has 2 aromatic rings. The second kappa shape index (κ2) is 5.25. The Balaban J connectivity index is 2.01. The Morgan fingerprint density at radius 1 is 1.25 bits per heavy atom. The summed E-state index contributed by atoms with van der Waals surface area (Å²) in [6.07, 6.45) is 1.76. The molecule has 4 heteroatoms. The van der Waals surface area contributed by atoms with Crippen LogP contribution in [0.5, 0.6) is 0 Å². The van der Waals surface area contributed by atoms with Crippen molar-refractivity contribution < 1.29 is 4.79 Å². The monoisotopic (exact) mass is 286 g/mol. The Morgan fingerprint density at radius 2 is 2.05 bits per heavy atom. The van der Waals surface area contributed by atoms with Crippen molar-refractivity contribution in [3.63, 3.8) is 0 Å². The van der Waals surface area contributed by atoms with Gasteiger partial charge in [0.05, 0.1) is 5.92 Å². The Hall–Kier alpha value is -1.87. The van der Waals surface area contributed by atoms with Crippen LogP contribution in [0.1, 0.15) is 28.5 Å². The molecule has 3 nitrogen and oxygen atoms in total. The van der Waals surface area contributed by atoms with Gasteiger partial charge in [0, 0.05) is 18.7 Å². The maximum Gasteiger partial charge on any atom is 0.228 e. The summed E-state index contributed by atoms with van der Waals surface area (Å²) >= 11 is 5.83. The number of aryl methyl sites for hydroxylation is 1. The number of nitrogens with zero attached hydrogens (tertiary/aromatic N) is 1. The molecular formula is C16H15ClN2O. The predicted molar refractivity (Wildman–Crippen MR) is 78.9 cm³/mol. The Bertz CT molecular complexity index is 639. The number of amides is 1. The Kier molecular flexibility index (Phi) is 3.45. The van der Waals surface area contributed by atoms with E-state index in [0.29, 0.717) is 11.7 Å². The first kappa shape index (κ1) is 13.1. The number of aromatic nitrogens is 1. The van der Waals surface area contributed by atoms with E-state index in [1.807, 2.05) is 37.3 Å². The molecule has 0 aliphatic carbocycles. The fourth-order valence-corrected chi connectivity index (χ4v) is 2.94. The zero-order valence-electron chi connectivity index (χ0n) is 11.1. The summed E-state index contributed by atoms with van der Waals surface area (Å²) in [6.45, 7) is 2.68. The molecule has 1 aliphatic heterocycles. The first-order valence-corrected chi connectivity index (χ1v) is 6.99. The Morgan fingerprint density at radius 3 is 2.75 bits per heavy atom. The lowest BCUT2D eigenvalue weighted by Gasteiger charge is -2.19. The highest BCUT2D eigenvalue weighted by molar-refractivity contribution is 6.29. The summed E-state index contributed by atoms with van der Waals surface area (Å²) in [7, 11) is 0. The minimum Gasteiger partial charge on any atom is -0.355 e. The number of pyridine rings is 1. The standard InChI is InChI=1S/C16H15ClN2O/c1-10-4-2-3-5-12(10)15-13(9-19-16(15)20)11-6-7-14(17)18-8-11/h2-8,13,15H,9H2,1H3,(H,19,20). The van der Waals surface area contributed by atoms with Crippen LogP contribution in [0, 0.1) is 6.92 Å². The molecule has 1 N–H and O–H groups in total. The van der Waals surface area contributed by atoms with Crippen LogP contribution in [0.3, 0.4) is 0 Å². The van der Waals surface area contributed by atoms with Crippen molar-refractivity contribution in [3.8, 4) is 0 Å². The summed E-state index contributed by atoms with van der Waals surface area (Å²) in [4.78, 5) is 16.3. The van der Waals surface area contributed by atoms with E-state index in [4.69, 9.17) is 11.6 Å². The molecule has 1 fully saturated rings. The van der Waals surface area contributed by atoms with Gasteiger partial charge in [-0.3, -0.25) is 4.79 Å². The van der Waals surface area contributed by atoms with Gasteiger partial charge in [-0.2, -0.15) is 0 Å². The van der Waals surface area contributed by atoms with Crippen LogP contribution in [-0.4, -0.2) is 17.4 Å². The minimum atomic E-state index is -0.154. The van der Waals surface area contributed by atoms with Gasteiger partial charge in [-0.25, -0.2) is 4.98 Å². The molecule has 0 bridgehead atoms. The number of carbonyl (C=O) groups excluding carboxylic acids is 1. The third-order valence-electron chi connectivity index (χ3n) is 3.88.